The smallest absolute Gasteiger partial charge is 0.320 e. The molecule has 12 nitrogen and oxygen atoms in total. The number of nitrogens with two attached hydrogens (primary N) is 2. The lowest BCUT2D eigenvalue weighted by molar-refractivity contribution is -0.138. The monoisotopic (exact) mass is 557 g/mol. The van der Waals surface area contributed by atoms with E-state index in [-0.39, 0.29) is 24.6 Å². The summed E-state index contributed by atoms with van der Waals surface area (Å²) in [7, 11) is 0. The molecule has 2 aromatic rings. The van der Waals surface area contributed by atoms with Crippen molar-refractivity contribution in [3.8, 4) is 0 Å². The first-order valence-electron chi connectivity index (χ1n) is 9.04. The molecule has 0 spiro atoms. The van der Waals surface area contributed by atoms with Crippen molar-refractivity contribution in [3.05, 3.63) is 12.7 Å². The third-order valence-corrected chi connectivity index (χ3v) is 5.39. The predicted molar refractivity (Wildman–Crippen MR) is 118 cm³/mol. The molecule has 1 aliphatic heterocycles. The van der Waals surface area contributed by atoms with Crippen LogP contribution in [0.25, 0.3) is 11.2 Å². The number of rotatable bonds is 9. The van der Waals surface area contributed by atoms with Crippen molar-refractivity contribution in [1.29, 1.82) is 0 Å². The van der Waals surface area contributed by atoms with Crippen LogP contribution in [-0.4, -0.2) is 94.1 Å². The summed E-state index contributed by atoms with van der Waals surface area (Å²) in [5.74, 6) is -0.846. The second kappa shape index (κ2) is 10.8. The van der Waals surface area contributed by atoms with Crippen molar-refractivity contribution in [1.82, 2.24) is 24.4 Å². The van der Waals surface area contributed by atoms with E-state index in [9.17, 15) is 15.0 Å². The molecule has 0 amide bonds. The largest absolute Gasteiger partial charge is 0.480 e. The molecule has 14 heteroatoms. The van der Waals surface area contributed by atoms with Crippen molar-refractivity contribution in [2.24, 2.45) is 5.73 Å². The van der Waals surface area contributed by atoms with Gasteiger partial charge in [0.05, 0.1) is 6.33 Å². The molecular formula is C16H25ClIN7O5. The number of anilines is 1. The fourth-order valence-corrected chi connectivity index (χ4v) is 3.96. The fraction of sp³-hybridized carbons (Fsp3) is 0.625. The maximum Gasteiger partial charge on any atom is 0.320 e. The standard InChI is InChI=1S/C16H24IN7O5.ClH/c17-2-4-23(3-1-8(18)16(27)28)5-9-11(25)12(26)15(29-9)24-7-22-10-13(19)20-6-21-14(10)24;/h6-9,11-12,15,25-26H,1-5,18H2,(H,27,28)(H2,19,20,21);1H/t8-,9+,11+,12+,15+;/m0./s1. The molecule has 2 aromatic heterocycles. The molecule has 168 valence electrons. The van der Waals surface area contributed by atoms with Crippen LogP contribution in [0.3, 0.4) is 0 Å². The summed E-state index contributed by atoms with van der Waals surface area (Å²) >= 11 is 2.21. The Hall–Kier alpha value is -1.36. The number of carboxylic acids is 1. The van der Waals surface area contributed by atoms with Crippen LogP contribution in [0, 0.1) is 0 Å². The minimum atomic E-state index is -1.20. The van der Waals surface area contributed by atoms with Crippen LogP contribution in [0.4, 0.5) is 5.82 Å². The lowest BCUT2D eigenvalue weighted by Gasteiger charge is -2.26. The maximum absolute atomic E-state index is 10.9. The van der Waals surface area contributed by atoms with Gasteiger partial charge >= 0.3 is 5.97 Å². The third-order valence-electron chi connectivity index (χ3n) is 4.91. The Bertz CT molecular complexity index is 858. The molecule has 1 saturated heterocycles. The van der Waals surface area contributed by atoms with Gasteiger partial charge in [0.15, 0.2) is 17.7 Å². The fourth-order valence-electron chi connectivity index (χ4n) is 3.28. The van der Waals surface area contributed by atoms with Gasteiger partial charge in [0.1, 0.15) is 36.2 Å². The first kappa shape index (κ1) is 24.9. The molecule has 1 fully saturated rings. The number of carbonyl (C=O) groups is 1. The lowest BCUT2D eigenvalue weighted by atomic mass is 10.1. The molecule has 0 unspecified atom stereocenters. The van der Waals surface area contributed by atoms with Gasteiger partial charge in [-0.25, -0.2) is 15.0 Å². The normalized spacial score (nSPS) is 24.8. The summed E-state index contributed by atoms with van der Waals surface area (Å²) in [5, 5.41) is 30.0. The molecule has 0 saturated carbocycles. The average Bonchev–Trinajstić information content (AvgIpc) is 3.23. The molecule has 0 aromatic carbocycles. The first-order chi connectivity index (χ1) is 13.8. The molecule has 3 heterocycles. The Labute approximate surface area is 192 Å². The van der Waals surface area contributed by atoms with Crippen LogP contribution in [0.15, 0.2) is 12.7 Å². The van der Waals surface area contributed by atoms with E-state index in [1.54, 1.807) is 0 Å². The zero-order valence-electron chi connectivity index (χ0n) is 15.9. The van der Waals surface area contributed by atoms with Crippen molar-refractivity contribution in [2.45, 2.75) is 37.0 Å². The zero-order valence-corrected chi connectivity index (χ0v) is 18.9. The van der Waals surface area contributed by atoms with E-state index in [1.807, 2.05) is 4.90 Å². The molecule has 0 aliphatic carbocycles. The lowest BCUT2D eigenvalue weighted by Crippen LogP contribution is -2.43. The number of fused-ring (bicyclic) bond motifs is 1. The number of aliphatic hydroxyl groups excluding tert-OH is 2. The van der Waals surface area contributed by atoms with Gasteiger partial charge in [-0.15, -0.1) is 12.4 Å². The van der Waals surface area contributed by atoms with Gasteiger partial charge in [-0.3, -0.25) is 14.3 Å². The topological polar surface area (TPSA) is 186 Å². The zero-order chi connectivity index (χ0) is 21.1. The number of carboxylic acid groups (broad SMARTS) is 1. The van der Waals surface area contributed by atoms with E-state index >= 15 is 0 Å². The van der Waals surface area contributed by atoms with Crippen molar-refractivity contribution < 1.29 is 24.9 Å². The highest BCUT2D eigenvalue weighted by atomic mass is 127. The Balaban J connectivity index is 0.00000320. The number of aliphatic hydroxyl groups is 2. The van der Waals surface area contributed by atoms with Crippen LogP contribution in [0.2, 0.25) is 0 Å². The number of aliphatic carboxylic acids is 1. The van der Waals surface area contributed by atoms with Gasteiger partial charge in [-0.05, 0) is 6.42 Å². The Morgan fingerprint density at radius 1 is 1.30 bits per heavy atom. The molecule has 1 aliphatic rings. The maximum atomic E-state index is 10.9. The first-order valence-corrected chi connectivity index (χ1v) is 10.6. The number of aromatic nitrogens is 4. The van der Waals surface area contributed by atoms with Crippen molar-refractivity contribution >= 4 is 57.9 Å². The summed E-state index contributed by atoms with van der Waals surface area (Å²) < 4.78 is 8.26. The highest BCUT2D eigenvalue weighted by Gasteiger charge is 2.44. The number of hydrogen-bond acceptors (Lipinski definition) is 10. The van der Waals surface area contributed by atoms with Crippen LogP contribution in [-0.2, 0) is 9.53 Å². The summed E-state index contributed by atoms with van der Waals surface area (Å²) in [5.41, 5.74) is 12.2. The minimum absolute atomic E-state index is 0. The number of ether oxygens (including phenoxy) is 1. The average molecular weight is 558 g/mol. The highest BCUT2D eigenvalue weighted by Crippen LogP contribution is 2.32. The molecule has 30 heavy (non-hydrogen) atoms. The number of imidazole rings is 1. The molecule has 5 atom stereocenters. The van der Waals surface area contributed by atoms with E-state index in [0.717, 1.165) is 4.43 Å². The number of hydrogen-bond donors (Lipinski definition) is 5. The van der Waals surface area contributed by atoms with E-state index in [0.29, 0.717) is 30.8 Å². The second-order valence-corrected chi connectivity index (χ2v) is 7.93. The molecule has 0 bridgehead atoms. The van der Waals surface area contributed by atoms with Gasteiger partial charge in [0, 0.05) is 24.1 Å². The van der Waals surface area contributed by atoms with E-state index < -0.39 is 36.6 Å². The highest BCUT2D eigenvalue weighted by molar-refractivity contribution is 14.1. The SMILES string of the molecule is Cl.Nc1ncnc2c1ncn2[C@@H]1O[C@H](CN(CCI)CC[C@H](N)C(=O)O)[C@@H](O)[C@H]1O. The van der Waals surface area contributed by atoms with Crippen LogP contribution < -0.4 is 11.5 Å². The number of nitrogens with zero attached hydrogens (tertiary/aromatic N) is 5. The summed E-state index contributed by atoms with van der Waals surface area (Å²) in [4.78, 5) is 25.1. The van der Waals surface area contributed by atoms with Gasteiger partial charge in [0.25, 0.3) is 0 Å². The van der Waals surface area contributed by atoms with Crippen molar-refractivity contribution in [2.75, 3.05) is 29.8 Å². The number of halogens is 2. The van der Waals surface area contributed by atoms with Gasteiger partial charge < -0.3 is 31.5 Å². The predicted octanol–water partition coefficient (Wildman–Crippen LogP) is -1.01. The quantitative estimate of drug-likeness (QED) is 0.188. The van der Waals surface area contributed by atoms with Gasteiger partial charge in [-0.2, -0.15) is 0 Å². The number of nitrogen functional groups attached to an aromatic ring is 1. The Morgan fingerprint density at radius 2 is 2.03 bits per heavy atom. The minimum Gasteiger partial charge on any atom is -0.480 e. The van der Waals surface area contributed by atoms with Crippen molar-refractivity contribution in [3.63, 3.8) is 0 Å². The number of alkyl halides is 1. The molecule has 3 rings (SSSR count). The Kier molecular flexibility index (Phi) is 8.96. The molecule has 7 N–H and O–H groups in total. The van der Waals surface area contributed by atoms with Crippen LogP contribution in [0.5, 0.6) is 0 Å². The van der Waals surface area contributed by atoms with Crippen LogP contribution in [0.1, 0.15) is 12.6 Å². The van der Waals surface area contributed by atoms with E-state index in [2.05, 4.69) is 37.5 Å². The second-order valence-electron chi connectivity index (χ2n) is 6.85. The third kappa shape index (κ3) is 5.27. The summed E-state index contributed by atoms with van der Waals surface area (Å²) in [6, 6.07) is -0.957. The van der Waals surface area contributed by atoms with Gasteiger partial charge in [-0.1, -0.05) is 22.6 Å². The summed E-state index contributed by atoms with van der Waals surface area (Å²) in [6.45, 7) is 1.41. The Morgan fingerprint density at radius 3 is 2.70 bits per heavy atom. The van der Waals surface area contributed by atoms with Crippen LogP contribution >= 0.6 is 35.0 Å². The molecule has 0 radical (unpaired) electrons. The van der Waals surface area contributed by atoms with Gasteiger partial charge in [0.2, 0.25) is 0 Å². The van der Waals surface area contributed by atoms with E-state index in [4.69, 9.17) is 21.3 Å². The molecular weight excluding hydrogens is 533 g/mol. The van der Waals surface area contributed by atoms with E-state index in [1.165, 1.54) is 17.2 Å². The summed E-state index contributed by atoms with van der Waals surface area (Å²) in [6.07, 6.45) is -0.916.